The second-order valence-electron chi connectivity index (χ2n) is 9.91. The number of carboxylic acid groups (broad SMARTS) is 2. The van der Waals surface area contributed by atoms with E-state index >= 15 is 0 Å². The number of carbonyl (C=O) groups excluding carboxylic acids is 1. The van der Waals surface area contributed by atoms with Crippen molar-refractivity contribution in [1.82, 2.24) is 10.2 Å². The summed E-state index contributed by atoms with van der Waals surface area (Å²) in [4.78, 5) is 38.3. The lowest BCUT2D eigenvalue weighted by Gasteiger charge is -2.29. The molecule has 0 aliphatic heterocycles. The Balaban J connectivity index is 2.11. The predicted molar refractivity (Wildman–Crippen MR) is 137 cm³/mol. The first kappa shape index (κ1) is 27.9. The molecule has 0 fully saturated rings. The normalized spacial score (nSPS) is 12.9. The van der Waals surface area contributed by atoms with Gasteiger partial charge in [-0.3, -0.25) is 4.79 Å². The van der Waals surface area contributed by atoms with Crippen molar-refractivity contribution in [1.29, 1.82) is 0 Å². The van der Waals surface area contributed by atoms with Gasteiger partial charge in [-0.15, -0.1) is 0 Å². The van der Waals surface area contributed by atoms with Crippen LogP contribution in [0.4, 0.5) is 4.79 Å². The molecule has 2 amide bonds. The van der Waals surface area contributed by atoms with Crippen LogP contribution in [-0.2, 0) is 16.0 Å². The van der Waals surface area contributed by atoms with Gasteiger partial charge in [-0.1, -0.05) is 88.7 Å². The Labute approximate surface area is 208 Å². The second kappa shape index (κ2) is 13.5. The molecule has 2 aromatic rings. The summed E-state index contributed by atoms with van der Waals surface area (Å²) in [5.41, 5.74) is 2.87. The summed E-state index contributed by atoms with van der Waals surface area (Å²) in [6.07, 6.45) is 1.33. The zero-order valence-corrected chi connectivity index (χ0v) is 21.1. The first-order valence-corrected chi connectivity index (χ1v) is 12.2. The summed E-state index contributed by atoms with van der Waals surface area (Å²) in [5, 5.41) is 22.1. The summed E-state index contributed by atoms with van der Waals surface area (Å²) < 4.78 is 0. The molecule has 35 heavy (non-hydrogen) atoms. The number of carboxylic acids is 2. The van der Waals surface area contributed by atoms with E-state index in [9.17, 15) is 24.6 Å². The van der Waals surface area contributed by atoms with E-state index in [1.54, 1.807) is 0 Å². The lowest BCUT2D eigenvalue weighted by atomic mass is 9.97. The lowest BCUT2D eigenvalue weighted by Crippen LogP contribution is -2.51. The van der Waals surface area contributed by atoms with E-state index in [4.69, 9.17) is 0 Å². The van der Waals surface area contributed by atoms with Crippen LogP contribution in [0.5, 0.6) is 0 Å². The van der Waals surface area contributed by atoms with E-state index in [0.29, 0.717) is 18.9 Å². The average Bonchev–Trinajstić information content (AvgIpc) is 2.80. The van der Waals surface area contributed by atoms with Gasteiger partial charge in [0.15, 0.2) is 0 Å². The molecule has 2 atom stereocenters. The van der Waals surface area contributed by atoms with E-state index in [1.165, 1.54) is 4.90 Å². The van der Waals surface area contributed by atoms with E-state index in [0.717, 1.165) is 23.1 Å². The molecular weight excluding hydrogens is 444 g/mol. The minimum absolute atomic E-state index is 0.0458. The van der Waals surface area contributed by atoms with Gasteiger partial charge in [-0.2, -0.15) is 0 Å². The second-order valence-corrected chi connectivity index (χ2v) is 9.91. The molecule has 0 spiro atoms. The molecule has 3 N–H and O–H groups in total. The van der Waals surface area contributed by atoms with Crippen molar-refractivity contribution in [2.24, 2.45) is 17.8 Å². The van der Waals surface area contributed by atoms with Gasteiger partial charge in [0.1, 0.15) is 6.04 Å². The van der Waals surface area contributed by atoms with Crippen LogP contribution in [0.1, 0.15) is 46.1 Å². The SMILES string of the molecule is CC(C)CCC(CN(CC(C)C)C(=O)NC(Cc1ccc(-c2ccccc2)cc1)C(=O)O)C(=O)O. The highest BCUT2D eigenvalue weighted by Crippen LogP contribution is 2.20. The molecule has 0 bridgehead atoms. The van der Waals surface area contributed by atoms with Crippen LogP contribution in [0.25, 0.3) is 11.1 Å². The van der Waals surface area contributed by atoms with Crippen LogP contribution in [-0.4, -0.2) is 52.2 Å². The summed E-state index contributed by atoms with van der Waals surface area (Å²) in [5.74, 6) is -2.32. The third kappa shape index (κ3) is 9.43. The Kier molecular flexibility index (Phi) is 10.8. The molecule has 0 aliphatic carbocycles. The van der Waals surface area contributed by atoms with Crippen LogP contribution in [0.3, 0.4) is 0 Å². The molecular formula is C28H38N2O5. The van der Waals surface area contributed by atoms with Gasteiger partial charge in [0, 0.05) is 19.5 Å². The predicted octanol–water partition coefficient (Wildman–Crippen LogP) is 5.15. The number of hydrogen-bond donors (Lipinski definition) is 3. The van der Waals surface area contributed by atoms with Crippen LogP contribution < -0.4 is 5.32 Å². The number of hydrogen-bond acceptors (Lipinski definition) is 3. The maximum atomic E-state index is 13.1. The number of rotatable bonds is 13. The van der Waals surface area contributed by atoms with Crippen LogP contribution in [0.15, 0.2) is 54.6 Å². The van der Waals surface area contributed by atoms with Crippen molar-refractivity contribution in [3.63, 3.8) is 0 Å². The van der Waals surface area contributed by atoms with Gasteiger partial charge in [-0.25, -0.2) is 9.59 Å². The fourth-order valence-electron chi connectivity index (χ4n) is 3.91. The maximum absolute atomic E-state index is 13.1. The lowest BCUT2D eigenvalue weighted by molar-refractivity contribution is -0.143. The van der Waals surface area contributed by atoms with Crippen molar-refractivity contribution in [3.05, 3.63) is 60.2 Å². The Morgan fingerprint density at radius 3 is 1.89 bits per heavy atom. The number of benzene rings is 2. The quantitative estimate of drug-likeness (QED) is 0.366. The molecule has 0 radical (unpaired) electrons. The fraction of sp³-hybridized carbons (Fsp3) is 0.464. The molecule has 190 valence electrons. The van der Waals surface area contributed by atoms with Crippen molar-refractivity contribution in [2.75, 3.05) is 13.1 Å². The minimum atomic E-state index is -1.13. The van der Waals surface area contributed by atoms with Gasteiger partial charge in [0.05, 0.1) is 5.92 Å². The zero-order chi connectivity index (χ0) is 26.0. The van der Waals surface area contributed by atoms with E-state index in [-0.39, 0.29) is 18.9 Å². The third-order valence-electron chi connectivity index (χ3n) is 5.85. The van der Waals surface area contributed by atoms with Gasteiger partial charge in [-0.05, 0) is 34.9 Å². The van der Waals surface area contributed by atoms with Crippen LogP contribution >= 0.6 is 0 Å². The van der Waals surface area contributed by atoms with Crippen molar-refractivity contribution < 1.29 is 24.6 Å². The molecule has 7 nitrogen and oxygen atoms in total. The average molecular weight is 483 g/mol. The highest BCUT2D eigenvalue weighted by atomic mass is 16.4. The Morgan fingerprint density at radius 2 is 1.37 bits per heavy atom. The van der Waals surface area contributed by atoms with Crippen molar-refractivity contribution in [2.45, 2.75) is 53.0 Å². The molecule has 0 saturated heterocycles. The number of aliphatic carboxylic acids is 2. The first-order chi connectivity index (χ1) is 16.6. The van der Waals surface area contributed by atoms with Crippen LogP contribution in [0, 0.1) is 17.8 Å². The number of amides is 2. The molecule has 0 heterocycles. The molecule has 2 unspecified atom stereocenters. The number of nitrogens with one attached hydrogen (secondary N) is 1. The largest absolute Gasteiger partial charge is 0.481 e. The highest BCUT2D eigenvalue weighted by Gasteiger charge is 2.28. The van der Waals surface area contributed by atoms with Gasteiger partial charge < -0.3 is 20.4 Å². The summed E-state index contributed by atoms with van der Waals surface area (Å²) in [6, 6.07) is 15.8. The first-order valence-electron chi connectivity index (χ1n) is 12.2. The smallest absolute Gasteiger partial charge is 0.326 e. The Hall–Kier alpha value is -3.35. The Bertz CT molecular complexity index is 957. The summed E-state index contributed by atoms with van der Waals surface area (Å²) in [6.45, 7) is 8.32. The van der Waals surface area contributed by atoms with Crippen LogP contribution in [0.2, 0.25) is 0 Å². The molecule has 0 saturated carbocycles. The zero-order valence-electron chi connectivity index (χ0n) is 21.1. The monoisotopic (exact) mass is 482 g/mol. The van der Waals surface area contributed by atoms with Gasteiger partial charge in [0.25, 0.3) is 0 Å². The maximum Gasteiger partial charge on any atom is 0.326 e. The number of carbonyl (C=O) groups is 3. The van der Waals surface area contributed by atoms with E-state index < -0.39 is 29.9 Å². The minimum Gasteiger partial charge on any atom is -0.481 e. The summed E-state index contributed by atoms with van der Waals surface area (Å²) >= 11 is 0. The molecule has 0 aliphatic rings. The fourth-order valence-corrected chi connectivity index (χ4v) is 3.91. The van der Waals surface area contributed by atoms with E-state index in [2.05, 4.69) is 5.32 Å². The topological polar surface area (TPSA) is 107 Å². The third-order valence-corrected chi connectivity index (χ3v) is 5.85. The molecule has 2 aromatic carbocycles. The standard InChI is InChI=1S/C28H38N2O5/c1-19(2)10-13-24(26(31)32)18-30(17-20(3)4)28(35)29-25(27(33)34)16-21-11-14-23(15-12-21)22-8-6-5-7-9-22/h5-9,11-12,14-15,19-20,24-25H,10,13,16-18H2,1-4H3,(H,29,35)(H,31,32)(H,33,34). The van der Waals surface area contributed by atoms with Crippen molar-refractivity contribution in [3.8, 4) is 11.1 Å². The number of nitrogens with zero attached hydrogens (tertiary/aromatic N) is 1. The van der Waals surface area contributed by atoms with Gasteiger partial charge >= 0.3 is 18.0 Å². The highest BCUT2D eigenvalue weighted by molar-refractivity contribution is 5.83. The Morgan fingerprint density at radius 1 is 0.771 bits per heavy atom. The molecule has 7 heteroatoms. The summed E-state index contributed by atoms with van der Waals surface area (Å²) in [7, 11) is 0. The molecule has 0 aromatic heterocycles. The molecule has 2 rings (SSSR count). The number of urea groups is 1. The van der Waals surface area contributed by atoms with E-state index in [1.807, 2.05) is 82.3 Å². The van der Waals surface area contributed by atoms with Crippen molar-refractivity contribution >= 4 is 18.0 Å². The van der Waals surface area contributed by atoms with Gasteiger partial charge in [0.2, 0.25) is 0 Å².